The monoisotopic (exact) mass is 480 g/mol. The van der Waals surface area contributed by atoms with Crippen LogP contribution in [0.1, 0.15) is 52.6 Å². The van der Waals surface area contributed by atoms with E-state index >= 15 is 0 Å². The summed E-state index contributed by atoms with van der Waals surface area (Å²) in [4.78, 5) is 24.0. The third kappa shape index (κ3) is 5.63. The Labute approximate surface area is 211 Å². The smallest absolute Gasteiger partial charge is 0.343 e. The van der Waals surface area contributed by atoms with Crippen LogP contribution in [-0.4, -0.2) is 18.9 Å². The van der Waals surface area contributed by atoms with Crippen LogP contribution in [0.2, 0.25) is 0 Å². The molecule has 0 fully saturated rings. The molecule has 5 nitrogen and oxygen atoms in total. The fourth-order valence-corrected chi connectivity index (χ4v) is 3.83. The molecular weight excluding hydrogens is 452 g/mol. The van der Waals surface area contributed by atoms with Crippen molar-refractivity contribution in [2.24, 2.45) is 0 Å². The maximum Gasteiger partial charge on any atom is 0.343 e. The van der Waals surface area contributed by atoms with E-state index in [2.05, 4.69) is 26.0 Å². The van der Waals surface area contributed by atoms with Crippen molar-refractivity contribution < 1.29 is 23.8 Å². The highest BCUT2D eigenvalue weighted by Crippen LogP contribution is 2.33. The molecule has 0 spiro atoms. The fraction of sp³-hybridized carbons (Fsp3) is 0.161. The van der Waals surface area contributed by atoms with Gasteiger partial charge in [0.15, 0.2) is 5.78 Å². The lowest BCUT2D eigenvalue weighted by Gasteiger charge is -2.26. The molecule has 0 N–H and O–H groups in total. The van der Waals surface area contributed by atoms with Crippen molar-refractivity contribution in [2.75, 3.05) is 7.11 Å². The molecule has 0 atom stereocenters. The average Bonchev–Trinajstić information content (AvgIpc) is 2.89. The lowest BCUT2D eigenvalue weighted by atomic mass is 9.78. The standard InChI is InChI=1S/C31H28O5/c1-21(32)22-5-13-27(14-6-22)35-28-15-7-23(8-16-28)30(33)36-29-19-11-25(12-20-29)31(2,3)24-9-17-26(34-4)18-10-24/h5-20H,1-4H3. The van der Waals surface area contributed by atoms with Gasteiger partial charge in [0.2, 0.25) is 0 Å². The Bertz CT molecular complexity index is 1330. The second-order valence-corrected chi connectivity index (χ2v) is 8.97. The predicted octanol–water partition coefficient (Wildman–Crippen LogP) is 7.24. The lowest BCUT2D eigenvalue weighted by Crippen LogP contribution is -2.18. The van der Waals surface area contributed by atoms with Gasteiger partial charge in [-0.15, -0.1) is 0 Å². The van der Waals surface area contributed by atoms with Crippen molar-refractivity contribution in [3.8, 4) is 23.0 Å². The van der Waals surface area contributed by atoms with Crippen molar-refractivity contribution in [1.82, 2.24) is 0 Å². The van der Waals surface area contributed by atoms with Gasteiger partial charge in [0.25, 0.3) is 0 Å². The Kier molecular flexibility index (Phi) is 7.20. The van der Waals surface area contributed by atoms with Gasteiger partial charge in [0, 0.05) is 11.0 Å². The first-order valence-corrected chi connectivity index (χ1v) is 11.6. The molecule has 4 aromatic carbocycles. The molecule has 0 bridgehead atoms. The van der Waals surface area contributed by atoms with Crippen LogP contribution in [0.4, 0.5) is 0 Å². The summed E-state index contributed by atoms with van der Waals surface area (Å²) in [5.74, 6) is 2.02. The normalized spacial score (nSPS) is 11.0. The Morgan fingerprint density at radius 2 is 1.00 bits per heavy atom. The van der Waals surface area contributed by atoms with Crippen LogP contribution in [-0.2, 0) is 5.41 Å². The van der Waals surface area contributed by atoms with Gasteiger partial charge in [-0.3, -0.25) is 4.79 Å². The van der Waals surface area contributed by atoms with Gasteiger partial charge < -0.3 is 14.2 Å². The number of hydrogen-bond donors (Lipinski definition) is 0. The molecule has 4 aromatic rings. The quantitative estimate of drug-likeness (QED) is 0.151. The van der Waals surface area contributed by atoms with E-state index in [1.54, 1.807) is 67.8 Å². The summed E-state index contributed by atoms with van der Waals surface area (Å²) < 4.78 is 16.6. The van der Waals surface area contributed by atoms with Crippen LogP contribution >= 0.6 is 0 Å². The summed E-state index contributed by atoms with van der Waals surface area (Å²) in [6.07, 6.45) is 0. The molecule has 36 heavy (non-hydrogen) atoms. The highest BCUT2D eigenvalue weighted by atomic mass is 16.5. The maximum atomic E-state index is 12.6. The van der Waals surface area contributed by atoms with E-state index in [1.807, 2.05) is 24.3 Å². The number of ether oxygens (including phenoxy) is 3. The molecule has 4 rings (SSSR count). The van der Waals surface area contributed by atoms with E-state index < -0.39 is 5.97 Å². The maximum absolute atomic E-state index is 12.6. The van der Waals surface area contributed by atoms with E-state index in [9.17, 15) is 9.59 Å². The zero-order valence-electron chi connectivity index (χ0n) is 20.8. The molecule has 0 aliphatic heterocycles. The zero-order valence-corrected chi connectivity index (χ0v) is 20.8. The van der Waals surface area contributed by atoms with E-state index in [4.69, 9.17) is 14.2 Å². The van der Waals surface area contributed by atoms with Crippen molar-refractivity contribution in [3.63, 3.8) is 0 Å². The number of esters is 1. The molecule has 0 unspecified atom stereocenters. The summed E-state index contributed by atoms with van der Waals surface area (Å²) in [7, 11) is 1.65. The SMILES string of the molecule is COc1ccc(C(C)(C)c2ccc(OC(=O)c3ccc(Oc4ccc(C(C)=O)cc4)cc3)cc2)cc1. The van der Waals surface area contributed by atoms with E-state index in [0.29, 0.717) is 28.4 Å². The number of benzene rings is 4. The Hall–Kier alpha value is -4.38. The minimum absolute atomic E-state index is 0.00000612. The highest BCUT2D eigenvalue weighted by molar-refractivity contribution is 5.94. The number of Topliss-reactive ketones (excluding diaryl/α,β-unsaturated/α-hetero) is 1. The summed E-state index contributed by atoms with van der Waals surface area (Å²) >= 11 is 0. The van der Waals surface area contributed by atoms with E-state index in [0.717, 1.165) is 16.9 Å². The summed E-state index contributed by atoms with van der Waals surface area (Å²) in [5, 5.41) is 0. The topological polar surface area (TPSA) is 61.8 Å². The second-order valence-electron chi connectivity index (χ2n) is 8.97. The number of methoxy groups -OCH3 is 1. The largest absolute Gasteiger partial charge is 0.497 e. The summed E-state index contributed by atoms with van der Waals surface area (Å²) in [6, 6.07) is 29.2. The van der Waals surface area contributed by atoms with E-state index in [1.165, 1.54) is 6.92 Å². The fourth-order valence-electron chi connectivity index (χ4n) is 3.83. The van der Waals surface area contributed by atoms with Gasteiger partial charge in [-0.25, -0.2) is 4.79 Å². The van der Waals surface area contributed by atoms with Crippen molar-refractivity contribution in [3.05, 3.63) is 119 Å². The third-order valence-corrected chi connectivity index (χ3v) is 6.18. The molecule has 5 heteroatoms. The molecule has 182 valence electrons. The Balaban J connectivity index is 1.39. The number of carbonyl (C=O) groups is 2. The van der Waals surface area contributed by atoms with Gasteiger partial charge >= 0.3 is 5.97 Å². The van der Waals surface area contributed by atoms with Crippen molar-refractivity contribution >= 4 is 11.8 Å². The van der Waals surface area contributed by atoms with Gasteiger partial charge in [-0.2, -0.15) is 0 Å². The van der Waals surface area contributed by atoms with E-state index in [-0.39, 0.29) is 11.2 Å². The molecule has 0 radical (unpaired) electrons. The van der Waals surface area contributed by atoms with Crippen molar-refractivity contribution in [1.29, 1.82) is 0 Å². The molecule has 0 amide bonds. The van der Waals surface area contributed by atoms with Crippen LogP contribution in [0, 0.1) is 0 Å². The first-order chi connectivity index (χ1) is 17.3. The average molecular weight is 481 g/mol. The van der Waals surface area contributed by atoms with Gasteiger partial charge in [-0.05, 0) is 90.8 Å². The van der Waals surface area contributed by atoms with Gasteiger partial charge in [0.05, 0.1) is 12.7 Å². The molecule has 0 saturated heterocycles. The molecule has 0 aromatic heterocycles. The second kappa shape index (κ2) is 10.5. The molecular formula is C31H28O5. The molecule has 0 heterocycles. The first-order valence-electron chi connectivity index (χ1n) is 11.6. The van der Waals surface area contributed by atoms with Crippen LogP contribution < -0.4 is 14.2 Å². The minimum atomic E-state index is -0.450. The van der Waals surface area contributed by atoms with Crippen LogP contribution in [0.15, 0.2) is 97.1 Å². The molecule has 0 saturated carbocycles. The summed E-state index contributed by atoms with van der Waals surface area (Å²) in [6.45, 7) is 5.82. The van der Waals surface area contributed by atoms with Crippen LogP contribution in [0.3, 0.4) is 0 Å². The third-order valence-electron chi connectivity index (χ3n) is 6.18. The highest BCUT2D eigenvalue weighted by Gasteiger charge is 2.23. The minimum Gasteiger partial charge on any atom is -0.497 e. The first kappa shape index (κ1) is 24.7. The zero-order chi connectivity index (χ0) is 25.7. The van der Waals surface area contributed by atoms with Crippen LogP contribution in [0.25, 0.3) is 0 Å². The number of rotatable bonds is 8. The number of ketones is 1. The molecule has 0 aliphatic rings. The Morgan fingerprint density at radius 1 is 0.583 bits per heavy atom. The van der Waals surface area contributed by atoms with Gasteiger partial charge in [0.1, 0.15) is 23.0 Å². The number of carbonyl (C=O) groups excluding carboxylic acids is 2. The van der Waals surface area contributed by atoms with Gasteiger partial charge in [-0.1, -0.05) is 38.1 Å². The summed E-state index contributed by atoms with van der Waals surface area (Å²) in [5.41, 5.74) is 3.07. The Morgan fingerprint density at radius 3 is 1.44 bits per heavy atom. The lowest BCUT2D eigenvalue weighted by molar-refractivity contribution is 0.0734. The van der Waals surface area contributed by atoms with Crippen molar-refractivity contribution in [2.45, 2.75) is 26.2 Å². The predicted molar refractivity (Wildman–Crippen MR) is 139 cm³/mol. The number of hydrogen-bond acceptors (Lipinski definition) is 5. The van der Waals surface area contributed by atoms with Crippen LogP contribution in [0.5, 0.6) is 23.0 Å². The molecule has 0 aliphatic carbocycles.